The molecule has 2 aromatic heterocycles. The SMILES string of the molecule is O=c1cc(N2CCOCC2)cnn1Cc1nnsc1Cl. The second-order valence-electron chi connectivity index (χ2n) is 4.30. The monoisotopic (exact) mass is 313 g/mol. The van der Waals surface area contributed by atoms with Gasteiger partial charge < -0.3 is 9.64 Å². The Morgan fingerprint density at radius 2 is 2.20 bits per heavy atom. The largest absolute Gasteiger partial charge is 0.378 e. The van der Waals surface area contributed by atoms with Gasteiger partial charge in [0.25, 0.3) is 5.56 Å². The van der Waals surface area contributed by atoms with E-state index in [1.54, 1.807) is 12.3 Å². The lowest BCUT2D eigenvalue weighted by Gasteiger charge is -2.28. The van der Waals surface area contributed by atoms with E-state index < -0.39 is 0 Å². The minimum atomic E-state index is -0.182. The summed E-state index contributed by atoms with van der Waals surface area (Å²) in [6.45, 7) is 3.11. The second-order valence-corrected chi connectivity index (χ2v) is 5.66. The third-order valence-electron chi connectivity index (χ3n) is 3.04. The minimum absolute atomic E-state index is 0.182. The lowest BCUT2D eigenvalue weighted by molar-refractivity contribution is 0.122. The maximum atomic E-state index is 12.1. The van der Waals surface area contributed by atoms with Crippen LogP contribution >= 0.6 is 23.1 Å². The molecule has 0 aliphatic carbocycles. The quantitative estimate of drug-likeness (QED) is 0.827. The summed E-state index contributed by atoms with van der Waals surface area (Å²) in [5, 5.41) is 8.04. The lowest BCUT2D eigenvalue weighted by atomic mass is 10.3. The Kier molecular flexibility index (Phi) is 3.95. The Balaban J connectivity index is 1.80. The summed E-state index contributed by atoms with van der Waals surface area (Å²) in [6.07, 6.45) is 1.68. The van der Waals surface area contributed by atoms with E-state index in [9.17, 15) is 4.79 Å². The van der Waals surface area contributed by atoms with Gasteiger partial charge in [0.05, 0.1) is 31.6 Å². The van der Waals surface area contributed by atoms with Gasteiger partial charge in [-0.1, -0.05) is 16.1 Å². The van der Waals surface area contributed by atoms with Crippen LogP contribution in [0.1, 0.15) is 5.69 Å². The first-order chi connectivity index (χ1) is 9.74. The molecular formula is C11H12ClN5O2S. The molecule has 106 valence electrons. The maximum absolute atomic E-state index is 12.1. The summed E-state index contributed by atoms with van der Waals surface area (Å²) in [7, 11) is 0. The first-order valence-electron chi connectivity index (χ1n) is 6.10. The van der Waals surface area contributed by atoms with Crippen LogP contribution in [0.5, 0.6) is 0 Å². The molecule has 0 aromatic carbocycles. The zero-order chi connectivity index (χ0) is 13.9. The molecule has 1 fully saturated rings. The van der Waals surface area contributed by atoms with Crippen LogP contribution in [0.15, 0.2) is 17.1 Å². The van der Waals surface area contributed by atoms with Crippen molar-refractivity contribution in [3.63, 3.8) is 0 Å². The molecule has 0 unspecified atom stereocenters. The molecule has 0 atom stereocenters. The number of hydrogen-bond donors (Lipinski definition) is 0. The topological polar surface area (TPSA) is 73.1 Å². The van der Waals surface area contributed by atoms with Crippen LogP contribution in [0.3, 0.4) is 0 Å². The molecule has 9 heteroatoms. The van der Waals surface area contributed by atoms with Crippen LogP contribution < -0.4 is 10.5 Å². The van der Waals surface area contributed by atoms with Gasteiger partial charge in [-0.2, -0.15) is 5.10 Å². The molecule has 3 rings (SSSR count). The van der Waals surface area contributed by atoms with Crippen molar-refractivity contribution < 1.29 is 4.74 Å². The summed E-state index contributed by atoms with van der Waals surface area (Å²) >= 11 is 7.02. The van der Waals surface area contributed by atoms with E-state index in [0.717, 1.165) is 30.3 Å². The number of hydrogen-bond acceptors (Lipinski definition) is 7. The van der Waals surface area contributed by atoms with E-state index in [1.165, 1.54) is 4.68 Å². The number of aromatic nitrogens is 4. The van der Waals surface area contributed by atoms with E-state index in [-0.39, 0.29) is 12.1 Å². The van der Waals surface area contributed by atoms with Crippen molar-refractivity contribution in [1.29, 1.82) is 0 Å². The fourth-order valence-electron chi connectivity index (χ4n) is 1.97. The molecule has 0 bridgehead atoms. The Morgan fingerprint density at radius 3 is 2.85 bits per heavy atom. The van der Waals surface area contributed by atoms with Gasteiger partial charge in [-0.15, -0.1) is 5.10 Å². The number of rotatable bonds is 3. The van der Waals surface area contributed by atoms with Crippen molar-refractivity contribution in [1.82, 2.24) is 19.4 Å². The fraction of sp³-hybridized carbons (Fsp3) is 0.455. The van der Waals surface area contributed by atoms with Crippen molar-refractivity contribution in [2.24, 2.45) is 0 Å². The predicted molar refractivity (Wildman–Crippen MR) is 75.6 cm³/mol. The Morgan fingerprint density at radius 1 is 1.40 bits per heavy atom. The number of ether oxygens (including phenoxy) is 1. The molecule has 1 aliphatic rings. The van der Waals surface area contributed by atoms with Crippen molar-refractivity contribution in [3.8, 4) is 0 Å². The number of anilines is 1. The molecule has 7 nitrogen and oxygen atoms in total. The standard InChI is InChI=1S/C11H12ClN5O2S/c12-11-9(14-15-20-11)7-17-10(18)5-8(6-13-17)16-1-3-19-4-2-16/h5-6H,1-4,7H2. The highest BCUT2D eigenvalue weighted by Gasteiger charge is 2.14. The first-order valence-corrected chi connectivity index (χ1v) is 7.26. The summed E-state index contributed by atoms with van der Waals surface area (Å²) in [5.41, 5.74) is 1.19. The van der Waals surface area contributed by atoms with E-state index in [1.807, 2.05) is 0 Å². The van der Waals surface area contributed by atoms with E-state index in [2.05, 4.69) is 19.6 Å². The Bertz CT molecular complexity index is 652. The Hall–Kier alpha value is -1.51. The Labute approximate surface area is 123 Å². The first kappa shape index (κ1) is 13.5. The van der Waals surface area contributed by atoms with Gasteiger partial charge in [-0.3, -0.25) is 4.79 Å². The zero-order valence-electron chi connectivity index (χ0n) is 10.5. The highest BCUT2D eigenvalue weighted by molar-refractivity contribution is 7.10. The average Bonchev–Trinajstić information content (AvgIpc) is 2.87. The van der Waals surface area contributed by atoms with Gasteiger partial charge in [0.1, 0.15) is 10.0 Å². The van der Waals surface area contributed by atoms with Crippen molar-refractivity contribution >= 4 is 28.8 Å². The fourth-order valence-corrected chi connectivity index (χ4v) is 2.58. The molecule has 2 aromatic rings. The normalized spacial score (nSPS) is 15.6. The van der Waals surface area contributed by atoms with Gasteiger partial charge in [0, 0.05) is 30.7 Å². The molecule has 1 saturated heterocycles. The zero-order valence-corrected chi connectivity index (χ0v) is 12.1. The molecule has 0 radical (unpaired) electrons. The highest BCUT2D eigenvalue weighted by Crippen LogP contribution is 2.17. The van der Waals surface area contributed by atoms with Gasteiger partial charge in [0.15, 0.2) is 0 Å². The second kappa shape index (κ2) is 5.86. The summed E-state index contributed by atoms with van der Waals surface area (Å²) < 4.78 is 10.8. The van der Waals surface area contributed by atoms with Crippen LogP contribution in [0, 0.1) is 0 Å². The van der Waals surface area contributed by atoms with Crippen LogP contribution in [0.4, 0.5) is 5.69 Å². The van der Waals surface area contributed by atoms with Gasteiger partial charge in [-0.05, 0) is 0 Å². The van der Waals surface area contributed by atoms with Crippen molar-refractivity contribution in [2.45, 2.75) is 6.54 Å². The molecule has 1 aliphatic heterocycles. The predicted octanol–water partition coefficient (Wildman–Crippen LogP) is 0.633. The van der Waals surface area contributed by atoms with E-state index in [0.29, 0.717) is 23.2 Å². The number of nitrogens with zero attached hydrogens (tertiary/aromatic N) is 5. The van der Waals surface area contributed by atoms with Gasteiger partial charge in [-0.25, -0.2) is 4.68 Å². The third kappa shape index (κ3) is 2.82. The van der Waals surface area contributed by atoms with E-state index in [4.69, 9.17) is 16.3 Å². The molecule has 0 spiro atoms. The molecule has 0 amide bonds. The lowest BCUT2D eigenvalue weighted by Crippen LogP contribution is -2.37. The summed E-state index contributed by atoms with van der Waals surface area (Å²) in [6, 6.07) is 1.58. The van der Waals surface area contributed by atoms with Crippen LogP contribution in [-0.2, 0) is 11.3 Å². The highest BCUT2D eigenvalue weighted by atomic mass is 35.5. The van der Waals surface area contributed by atoms with Crippen LogP contribution in [0.25, 0.3) is 0 Å². The number of morpholine rings is 1. The van der Waals surface area contributed by atoms with Gasteiger partial charge in [0.2, 0.25) is 0 Å². The van der Waals surface area contributed by atoms with Crippen molar-refractivity contribution in [3.05, 3.63) is 32.6 Å². The maximum Gasteiger partial charge on any atom is 0.269 e. The smallest absolute Gasteiger partial charge is 0.269 e. The van der Waals surface area contributed by atoms with Crippen molar-refractivity contribution in [2.75, 3.05) is 31.2 Å². The molecule has 0 saturated carbocycles. The average molecular weight is 314 g/mol. The molecule has 0 N–H and O–H groups in total. The summed E-state index contributed by atoms with van der Waals surface area (Å²) in [4.78, 5) is 14.2. The van der Waals surface area contributed by atoms with Crippen LogP contribution in [-0.4, -0.2) is 45.7 Å². The molecule has 20 heavy (non-hydrogen) atoms. The minimum Gasteiger partial charge on any atom is -0.378 e. The summed E-state index contributed by atoms with van der Waals surface area (Å²) in [5.74, 6) is 0. The van der Waals surface area contributed by atoms with E-state index >= 15 is 0 Å². The third-order valence-corrected chi connectivity index (χ3v) is 4.02. The molecule has 3 heterocycles. The van der Waals surface area contributed by atoms with Crippen LogP contribution in [0.2, 0.25) is 4.34 Å². The number of halogens is 1. The van der Waals surface area contributed by atoms with Gasteiger partial charge >= 0.3 is 0 Å². The molecular weight excluding hydrogens is 302 g/mol.